The van der Waals surface area contributed by atoms with Gasteiger partial charge in [0.15, 0.2) is 0 Å². The zero-order valence-electron chi connectivity index (χ0n) is 11.9. The molecule has 0 atom stereocenters. The average Bonchev–Trinajstić information content (AvgIpc) is 2.49. The zero-order valence-corrected chi connectivity index (χ0v) is 11.9. The molecule has 0 amide bonds. The lowest BCUT2D eigenvalue weighted by atomic mass is 10.2. The maximum atomic E-state index is 8.70. The second-order valence-electron chi connectivity index (χ2n) is 4.20. The number of rotatable bonds is 4. The van der Waals surface area contributed by atoms with Gasteiger partial charge in [-0.3, -0.25) is 0 Å². The lowest BCUT2D eigenvalue weighted by Crippen LogP contribution is -2.05. The summed E-state index contributed by atoms with van der Waals surface area (Å²) in [5.41, 5.74) is 13.1. The van der Waals surface area contributed by atoms with Crippen molar-refractivity contribution in [3.63, 3.8) is 0 Å². The minimum Gasteiger partial charge on any atom is -0.508 e. The van der Waals surface area contributed by atoms with Crippen LogP contribution in [0.25, 0.3) is 0 Å². The number of phenols is 1. The highest BCUT2D eigenvalue weighted by Gasteiger charge is 1.99. The van der Waals surface area contributed by atoms with Crippen LogP contribution in [0.4, 0.5) is 17.1 Å². The number of nitrogens with two attached hydrogens (primary N) is 2. The van der Waals surface area contributed by atoms with Crippen molar-refractivity contribution in [3.05, 3.63) is 42.5 Å². The maximum absolute atomic E-state index is 8.70. The number of hydrogen-bond acceptors (Lipinski definition) is 6. The van der Waals surface area contributed by atoms with Gasteiger partial charge in [-0.1, -0.05) is 0 Å². The topological polar surface area (TPSA) is 114 Å². The number of aromatic hydroxyl groups is 1. The van der Waals surface area contributed by atoms with Gasteiger partial charge >= 0.3 is 0 Å². The number of anilines is 3. The van der Waals surface area contributed by atoms with Gasteiger partial charge in [0.05, 0.1) is 19.4 Å². The van der Waals surface area contributed by atoms with Gasteiger partial charge in [-0.2, -0.15) is 0 Å². The van der Waals surface area contributed by atoms with Crippen molar-refractivity contribution >= 4 is 17.1 Å². The standard InChI is InChI=1S/C9H14N2O2.C6H7NO/c1-13-9-3-2-7(6-8(9)10)11-4-5-12;7-5-1-3-6(8)4-2-5/h2-3,6,11-12H,4-5,10H2,1H3;1-4,8H,7H2. The van der Waals surface area contributed by atoms with Crippen molar-refractivity contribution in [2.24, 2.45) is 0 Å². The van der Waals surface area contributed by atoms with Crippen LogP contribution in [0.2, 0.25) is 0 Å². The molecule has 0 aromatic heterocycles. The van der Waals surface area contributed by atoms with Crippen molar-refractivity contribution in [3.8, 4) is 11.5 Å². The lowest BCUT2D eigenvalue weighted by Gasteiger charge is -2.08. The van der Waals surface area contributed by atoms with Crippen molar-refractivity contribution in [1.29, 1.82) is 0 Å². The fraction of sp³-hybridized carbons (Fsp3) is 0.200. The molecule has 0 fully saturated rings. The van der Waals surface area contributed by atoms with E-state index in [1.165, 1.54) is 0 Å². The van der Waals surface area contributed by atoms with Crippen LogP contribution in [-0.4, -0.2) is 30.5 Å². The highest BCUT2D eigenvalue weighted by molar-refractivity contribution is 5.62. The van der Waals surface area contributed by atoms with Crippen LogP contribution < -0.4 is 21.5 Å². The van der Waals surface area contributed by atoms with E-state index in [1.807, 2.05) is 6.07 Å². The van der Waals surface area contributed by atoms with Crippen molar-refractivity contribution < 1.29 is 14.9 Å². The second kappa shape index (κ2) is 8.55. The monoisotopic (exact) mass is 291 g/mol. The third kappa shape index (κ3) is 5.92. The number of aliphatic hydroxyl groups is 1. The molecule has 0 aliphatic rings. The van der Waals surface area contributed by atoms with E-state index in [9.17, 15) is 0 Å². The van der Waals surface area contributed by atoms with Gasteiger partial charge in [0, 0.05) is 17.9 Å². The van der Waals surface area contributed by atoms with E-state index in [-0.39, 0.29) is 12.4 Å². The molecule has 0 saturated heterocycles. The highest BCUT2D eigenvalue weighted by atomic mass is 16.5. The van der Waals surface area contributed by atoms with Crippen LogP contribution in [0.3, 0.4) is 0 Å². The number of ether oxygens (including phenoxy) is 1. The molecule has 21 heavy (non-hydrogen) atoms. The predicted molar refractivity (Wildman–Crippen MR) is 85.5 cm³/mol. The number of nitrogens with one attached hydrogen (secondary N) is 1. The van der Waals surface area contributed by atoms with Crippen molar-refractivity contribution in [2.75, 3.05) is 37.0 Å². The molecule has 114 valence electrons. The summed E-state index contributed by atoms with van der Waals surface area (Å²) < 4.78 is 5.00. The molecular weight excluding hydrogens is 270 g/mol. The van der Waals surface area contributed by atoms with Crippen molar-refractivity contribution in [1.82, 2.24) is 0 Å². The van der Waals surface area contributed by atoms with E-state index >= 15 is 0 Å². The summed E-state index contributed by atoms with van der Waals surface area (Å²) in [4.78, 5) is 0. The Labute approximate surface area is 124 Å². The first-order valence-electron chi connectivity index (χ1n) is 6.39. The van der Waals surface area contributed by atoms with Crippen LogP contribution in [0.5, 0.6) is 11.5 Å². The molecule has 7 N–H and O–H groups in total. The molecule has 0 unspecified atom stereocenters. The number of aliphatic hydroxyl groups excluding tert-OH is 1. The van der Waals surface area contributed by atoms with Crippen LogP contribution >= 0.6 is 0 Å². The van der Waals surface area contributed by atoms with Gasteiger partial charge < -0.3 is 31.7 Å². The van der Waals surface area contributed by atoms with E-state index in [0.717, 1.165) is 5.69 Å². The van der Waals surface area contributed by atoms with Gasteiger partial charge in [0.1, 0.15) is 11.5 Å². The minimum atomic E-state index is 0.103. The predicted octanol–water partition coefficient (Wildman–Crippen LogP) is 1.66. The van der Waals surface area contributed by atoms with Crippen molar-refractivity contribution in [2.45, 2.75) is 0 Å². The fourth-order valence-electron chi connectivity index (χ4n) is 1.52. The normalized spacial score (nSPS) is 9.43. The number of methoxy groups -OCH3 is 1. The van der Waals surface area contributed by atoms with Gasteiger partial charge in [0.25, 0.3) is 0 Å². The van der Waals surface area contributed by atoms with Crippen LogP contribution in [-0.2, 0) is 0 Å². The molecule has 0 bridgehead atoms. The Balaban J connectivity index is 0.000000235. The summed E-state index contributed by atoms with van der Waals surface area (Å²) in [6.45, 7) is 0.623. The van der Waals surface area contributed by atoms with Crippen LogP contribution in [0, 0.1) is 0 Å². The van der Waals surface area contributed by atoms with Gasteiger partial charge in [-0.15, -0.1) is 0 Å². The molecular formula is C15H21N3O3. The molecule has 0 saturated carbocycles. The third-order valence-corrected chi connectivity index (χ3v) is 2.56. The van der Waals surface area contributed by atoms with Gasteiger partial charge in [-0.25, -0.2) is 0 Å². The molecule has 0 aliphatic carbocycles. The Kier molecular flexibility index (Phi) is 6.70. The number of hydrogen-bond donors (Lipinski definition) is 5. The summed E-state index contributed by atoms with van der Waals surface area (Å²) in [5.74, 6) is 0.911. The number of benzene rings is 2. The smallest absolute Gasteiger partial charge is 0.141 e. The molecule has 0 spiro atoms. The highest BCUT2D eigenvalue weighted by Crippen LogP contribution is 2.24. The van der Waals surface area contributed by atoms with E-state index in [1.54, 1.807) is 43.5 Å². The average molecular weight is 291 g/mol. The van der Waals surface area contributed by atoms with E-state index < -0.39 is 0 Å². The third-order valence-electron chi connectivity index (χ3n) is 2.56. The zero-order chi connectivity index (χ0) is 15.7. The first-order valence-corrected chi connectivity index (χ1v) is 6.39. The summed E-state index contributed by atoms with van der Waals surface area (Å²) in [6, 6.07) is 11.8. The SMILES string of the molecule is COc1ccc(NCCO)cc1N.Nc1ccc(O)cc1. The fourth-order valence-corrected chi connectivity index (χ4v) is 1.52. The van der Waals surface area contributed by atoms with E-state index in [2.05, 4.69) is 5.32 Å². The number of nitrogen functional groups attached to an aromatic ring is 2. The molecule has 2 aromatic carbocycles. The first-order chi connectivity index (χ1) is 10.1. The maximum Gasteiger partial charge on any atom is 0.141 e. The minimum absolute atomic E-state index is 0.103. The quantitative estimate of drug-likeness (QED) is 0.432. The molecule has 2 aromatic rings. The molecule has 6 heteroatoms. The molecule has 0 aliphatic heterocycles. The summed E-state index contributed by atoms with van der Waals surface area (Å²) in [7, 11) is 1.58. The van der Waals surface area contributed by atoms with Gasteiger partial charge in [-0.05, 0) is 42.5 Å². The Morgan fingerprint density at radius 3 is 2.24 bits per heavy atom. The Morgan fingerprint density at radius 1 is 1.10 bits per heavy atom. The summed E-state index contributed by atoms with van der Waals surface area (Å²) in [6.07, 6.45) is 0. The van der Waals surface area contributed by atoms with E-state index in [0.29, 0.717) is 23.7 Å². The first kappa shape index (κ1) is 16.5. The summed E-state index contributed by atoms with van der Waals surface area (Å²) in [5, 5.41) is 20.3. The molecule has 0 radical (unpaired) electrons. The Bertz CT molecular complexity index is 523. The van der Waals surface area contributed by atoms with E-state index in [4.69, 9.17) is 26.4 Å². The van der Waals surface area contributed by atoms with Crippen LogP contribution in [0.15, 0.2) is 42.5 Å². The Hall–Kier alpha value is -2.60. The lowest BCUT2D eigenvalue weighted by molar-refractivity contribution is 0.311. The summed E-state index contributed by atoms with van der Waals surface area (Å²) >= 11 is 0. The molecule has 2 rings (SSSR count). The molecule has 6 nitrogen and oxygen atoms in total. The largest absolute Gasteiger partial charge is 0.508 e. The second-order valence-corrected chi connectivity index (χ2v) is 4.20. The van der Waals surface area contributed by atoms with Crippen LogP contribution in [0.1, 0.15) is 0 Å². The van der Waals surface area contributed by atoms with Gasteiger partial charge in [0.2, 0.25) is 0 Å². The number of phenolic OH excluding ortho intramolecular Hbond substituents is 1. The Morgan fingerprint density at radius 2 is 1.76 bits per heavy atom. The molecule has 0 heterocycles.